The maximum absolute atomic E-state index is 11.0. The van der Waals surface area contributed by atoms with Crippen LogP contribution in [0.15, 0.2) is 0 Å². The van der Waals surface area contributed by atoms with Crippen LogP contribution < -0.4 is 10.6 Å². The topological polar surface area (TPSA) is 64.9 Å². The van der Waals surface area contributed by atoms with Crippen LogP contribution in [-0.2, 0) is 4.79 Å². The largest absolute Gasteiger partial charge is 0.342 e. The van der Waals surface area contributed by atoms with Crippen molar-refractivity contribution >= 4 is 5.91 Å². The zero-order valence-corrected chi connectivity index (χ0v) is 7.68. The number of nitriles is 1. The van der Waals surface area contributed by atoms with Crippen LogP contribution in [0.4, 0.5) is 0 Å². The Morgan fingerprint density at radius 1 is 1.46 bits per heavy atom. The summed E-state index contributed by atoms with van der Waals surface area (Å²) in [5.74, 6) is -0.0894. The van der Waals surface area contributed by atoms with Crippen molar-refractivity contribution in [2.24, 2.45) is 0 Å². The van der Waals surface area contributed by atoms with E-state index in [0.717, 1.165) is 0 Å². The van der Waals surface area contributed by atoms with Gasteiger partial charge in [-0.25, -0.2) is 0 Å². The maximum atomic E-state index is 11.0. The minimum absolute atomic E-state index is 0.0894. The summed E-state index contributed by atoms with van der Waals surface area (Å²) in [5, 5.41) is 13.9. The van der Waals surface area contributed by atoms with Gasteiger partial charge in [-0.05, 0) is 12.8 Å². The first kappa shape index (κ1) is 10.0. The molecular formula is C9H15N3O. The van der Waals surface area contributed by atoms with Crippen molar-refractivity contribution in [3.8, 4) is 6.07 Å². The van der Waals surface area contributed by atoms with Crippen molar-refractivity contribution in [2.45, 2.75) is 31.7 Å². The van der Waals surface area contributed by atoms with Crippen LogP contribution >= 0.6 is 0 Å². The molecule has 72 valence electrons. The van der Waals surface area contributed by atoms with E-state index in [9.17, 15) is 4.79 Å². The lowest BCUT2D eigenvalue weighted by Crippen LogP contribution is -2.38. The molecule has 1 amide bonds. The van der Waals surface area contributed by atoms with Crippen LogP contribution in [0.2, 0.25) is 0 Å². The quantitative estimate of drug-likeness (QED) is 0.607. The zero-order valence-electron chi connectivity index (χ0n) is 7.68. The third-order valence-electron chi connectivity index (χ3n) is 2.27. The Hall–Kier alpha value is -1.08. The van der Waals surface area contributed by atoms with Crippen molar-refractivity contribution in [3.63, 3.8) is 0 Å². The number of nitrogens with one attached hydrogen (secondary N) is 2. The van der Waals surface area contributed by atoms with Gasteiger partial charge in [0.25, 0.3) is 0 Å². The zero-order chi connectivity index (χ0) is 9.52. The third-order valence-corrected chi connectivity index (χ3v) is 2.27. The third kappa shape index (κ3) is 3.90. The number of amides is 1. The van der Waals surface area contributed by atoms with E-state index in [1.807, 2.05) is 6.07 Å². The van der Waals surface area contributed by atoms with Crippen LogP contribution in [0.5, 0.6) is 0 Å². The molecule has 0 aromatic heterocycles. The Balaban J connectivity index is 2.04. The van der Waals surface area contributed by atoms with E-state index in [0.29, 0.717) is 12.6 Å². The molecule has 1 rings (SSSR count). The Morgan fingerprint density at radius 3 is 2.77 bits per heavy atom. The van der Waals surface area contributed by atoms with Gasteiger partial charge >= 0.3 is 0 Å². The van der Waals surface area contributed by atoms with Gasteiger partial charge < -0.3 is 10.6 Å². The Bertz CT molecular complexity index is 203. The molecule has 0 aromatic rings. The summed E-state index contributed by atoms with van der Waals surface area (Å²) in [6.45, 7) is 0.442. The van der Waals surface area contributed by atoms with Gasteiger partial charge in [0.15, 0.2) is 0 Å². The van der Waals surface area contributed by atoms with Crippen LogP contribution in [0.25, 0.3) is 0 Å². The molecule has 4 nitrogen and oxygen atoms in total. The fourth-order valence-corrected chi connectivity index (χ4v) is 1.57. The van der Waals surface area contributed by atoms with E-state index in [4.69, 9.17) is 5.26 Å². The lowest BCUT2D eigenvalue weighted by Gasteiger charge is -2.10. The number of rotatable bonds is 4. The standard InChI is InChI=1S/C9H15N3O/c10-5-6-11-9(13)7-12-8-3-1-2-4-8/h8,12H,1-4,6-7H2,(H,11,13). The van der Waals surface area contributed by atoms with E-state index in [1.165, 1.54) is 25.7 Å². The summed E-state index contributed by atoms with van der Waals surface area (Å²) in [5.41, 5.74) is 0. The van der Waals surface area contributed by atoms with Gasteiger partial charge in [0.2, 0.25) is 5.91 Å². The molecule has 1 aliphatic carbocycles. The lowest BCUT2D eigenvalue weighted by atomic mass is 10.2. The van der Waals surface area contributed by atoms with Gasteiger partial charge in [-0.15, -0.1) is 0 Å². The van der Waals surface area contributed by atoms with Crippen molar-refractivity contribution in [2.75, 3.05) is 13.1 Å². The summed E-state index contributed by atoms with van der Waals surface area (Å²) in [4.78, 5) is 11.0. The van der Waals surface area contributed by atoms with Crippen LogP contribution in [0.3, 0.4) is 0 Å². The normalized spacial score (nSPS) is 16.8. The van der Waals surface area contributed by atoms with Gasteiger partial charge in [0, 0.05) is 6.04 Å². The average molecular weight is 181 g/mol. The maximum Gasteiger partial charge on any atom is 0.234 e. The van der Waals surface area contributed by atoms with Crippen molar-refractivity contribution in [1.82, 2.24) is 10.6 Å². The second-order valence-electron chi connectivity index (χ2n) is 3.30. The molecule has 0 heterocycles. The monoisotopic (exact) mass is 181 g/mol. The fourth-order valence-electron chi connectivity index (χ4n) is 1.57. The molecule has 0 atom stereocenters. The highest BCUT2D eigenvalue weighted by atomic mass is 16.1. The molecule has 0 unspecified atom stereocenters. The Kier molecular flexibility index (Phi) is 4.27. The van der Waals surface area contributed by atoms with E-state index < -0.39 is 0 Å². The SMILES string of the molecule is N#CCNC(=O)CNC1CCCC1. The molecule has 0 saturated heterocycles. The molecule has 0 radical (unpaired) electrons. The minimum Gasteiger partial charge on any atom is -0.342 e. The second kappa shape index (κ2) is 5.55. The molecule has 4 heteroatoms. The lowest BCUT2D eigenvalue weighted by molar-refractivity contribution is -0.120. The van der Waals surface area contributed by atoms with Gasteiger partial charge in [-0.3, -0.25) is 4.79 Å². The van der Waals surface area contributed by atoms with E-state index in [1.54, 1.807) is 0 Å². The number of nitrogens with zero attached hydrogens (tertiary/aromatic N) is 1. The predicted molar refractivity (Wildman–Crippen MR) is 48.9 cm³/mol. The Morgan fingerprint density at radius 2 is 2.15 bits per heavy atom. The van der Waals surface area contributed by atoms with Crippen molar-refractivity contribution in [1.29, 1.82) is 5.26 Å². The van der Waals surface area contributed by atoms with Gasteiger partial charge in [0.05, 0.1) is 12.6 Å². The highest BCUT2D eigenvalue weighted by Crippen LogP contribution is 2.16. The first-order valence-electron chi connectivity index (χ1n) is 4.70. The molecule has 1 saturated carbocycles. The summed E-state index contributed by atoms with van der Waals surface area (Å²) in [7, 11) is 0. The minimum atomic E-state index is -0.0894. The molecule has 0 spiro atoms. The molecule has 2 N–H and O–H groups in total. The summed E-state index contributed by atoms with van der Waals surface area (Å²) in [6.07, 6.45) is 4.87. The molecule has 1 fully saturated rings. The second-order valence-corrected chi connectivity index (χ2v) is 3.30. The van der Waals surface area contributed by atoms with E-state index in [-0.39, 0.29) is 12.5 Å². The summed E-state index contributed by atoms with van der Waals surface area (Å²) >= 11 is 0. The first-order valence-corrected chi connectivity index (χ1v) is 4.70. The smallest absolute Gasteiger partial charge is 0.234 e. The molecule has 1 aliphatic rings. The highest BCUT2D eigenvalue weighted by Gasteiger charge is 2.14. The number of hydrogen-bond donors (Lipinski definition) is 2. The highest BCUT2D eigenvalue weighted by molar-refractivity contribution is 5.78. The van der Waals surface area contributed by atoms with Crippen LogP contribution in [-0.4, -0.2) is 25.0 Å². The molecule has 0 bridgehead atoms. The molecule has 13 heavy (non-hydrogen) atoms. The van der Waals surface area contributed by atoms with E-state index >= 15 is 0 Å². The van der Waals surface area contributed by atoms with Gasteiger partial charge in [0.1, 0.15) is 6.54 Å². The van der Waals surface area contributed by atoms with Gasteiger partial charge in [-0.1, -0.05) is 12.8 Å². The molecule has 0 aromatic carbocycles. The predicted octanol–water partition coefficient (Wildman–Crippen LogP) is 0.158. The fraction of sp³-hybridized carbons (Fsp3) is 0.778. The van der Waals surface area contributed by atoms with Crippen molar-refractivity contribution < 1.29 is 4.79 Å². The average Bonchev–Trinajstić information content (AvgIpc) is 2.64. The van der Waals surface area contributed by atoms with Gasteiger partial charge in [-0.2, -0.15) is 5.26 Å². The molecular weight excluding hydrogens is 166 g/mol. The Labute approximate surface area is 78.3 Å². The first-order chi connectivity index (χ1) is 6.33. The van der Waals surface area contributed by atoms with E-state index in [2.05, 4.69) is 10.6 Å². The number of carbonyl (C=O) groups is 1. The molecule has 0 aliphatic heterocycles. The summed E-state index contributed by atoms with van der Waals surface area (Å²) < 4.78 is 0. The van der Waals surface area contributed by atoms with Crippen LogP contribution in [0.1, 0.15) is 25.7 Å². The van der Waals surface area contributed by atoms with Crippen LogP contribution in [0, 0.1) is 11.3 Å². The number of carbonyl (C=O) groups excluding carboxylic acids is 1. The number of hydrogen-bond acceptors (Lipinski definition) is 3. The van der Waals surface area contributed by atoms with Crippen molar-refractivity contribution in [3.05, 3.63) is 0 Å². The summed E-state index contributed by atoms with van der Waals surface area (Å²) in [6, 6.07) is 2.37.